The molecule has 2 aromatic rings. The predicted molar refractivity (Wildman–Crippen MR) is 109 cm³/mol. The minimum Gasteiger partial charge on any atom is -0.497 e. The lowest BCUT2D eigenvalue weighted by Crippen LogP contribution is -2.57. The minimum absolute atomic E-state index is 0.210. The second-order valence-corrected chi connectivity index (χ2v) is 7.21. The molecule has 0 aromatic heterocycles. The van der Waals surface area contributed by atoms with Gasteiger partial charge in [-0.05, 0) is 37.3 Å². The number of rotatable bonds is 4. The number of methoxy groups -OCH3 is 2. The molecule has 6 nitrogen and oxygen atoms in total. The third-order valence-electron chi connectivity index (χ3n) is 4.72. The standard InChI is InChI=1S/C20H20Cl2N2O4/c1-12-19(25)24(18-5-4-14(21)10-17(18)22)7-6-23(12)20(26)13-8-15(27-2)11-16(9-13)28-3/h4-5,8-12H,6-7H2,1-3H3/t12-/m1/s1. The van der Waals surface area contributed by atoms with Crippen molar-refractivity contribution in [3.63, 3.8) is 0 Å². The average molecular weight is 423 g/mol. The number of halogens is 2. The molecule has 1 fully saturated rings. The number of ether oxygens (including phenoxy) is 2. The lowest BCUT2D eigenvalue weighted by molar-refractivity contribution is -0.124. The van der Waals surface area contributed by atoms with Crippen LogP contribution < -0.4 is 14.4 Å². The summed E-state index contributed by atoms with van der Waals surface area (Å²) in [7, 11) is 3.04. The minimum atomic E-state index is -0.648. The monoisotopic (exact) mass is 422 g/mol. The maximum atomic E-state index is 13.0. The second-order valence-electron chi connectivity index (χ2n) is 6.36. The van der Waals surface area contributed by atoms with E-state index in [1.807, 2.05) is 0 Å². The Labute approximate surface area is 173 Å². The molecule has 8 heteroatoms. The molecule has 0 N–H and O–H groups in total. The van der Waals surface area contributed by atoms with Crippen molar-refractivity contribution in [2.24, 2.45) is 0 Å². The van der Waals surface area contributed by atoms with Crippen molar-refractivity contribution in [3.05, 3.63) is 52.0 Å². The fourth-order valence-electron chi connectivity index (χ4n) is 3.18. The van der Waals surface area contributed by atoms with Gasteiger partial charge in [-0.25, -0.2) is 0 Å². The van der Waals surface area contributed by atoms with Crippen molar-refractivity contribution in [3.8, 4) is 11.5 Å². The van der Waals surface area contributed by atoms with E-state index in [0.717, 1.165) is 0 Å². The maximum absolute atomic E-state index is 13.0. The molecule has 1 saturated heterocycles. The molecule has 28 heavy (non-hydrogen) atoms. The van der Waals surface area contributed by atoms with Crippen LogP contribution >= 0.6 is 23.2 Å². The van der Waals surface area contributed by atoms with E-state index in [4.69, 9.17) is 32.7 Å². The summed E-state index contributed by atoms with van der Waals surface area (Å²) in [6, 6.07) is 9.28. The molecule has 0 aliphatic carbocycles. The maximum Gasteiger partial charge on any atom is 0.254 e. The van der Waals surface area contributed by atoms with Crippen LogP contribution in [-0.2, 0) is 4.79 Å². The Bertz CT molecular complexity index is 897. The molecule has 1 atom stereocenters. The lowest BCUT2D eigenvalue weighted by Gasteiger charge is -2.39. The summed E-state index contributed by atoms with van der Waals surface area (Å²) in [4.78, 5) is 29.1. The van der Waals surface area contributed by atoms with Crippen LogP contribution in [0.3, 0.4) is 0 Å². The van der Waals surface area contributed by atoms with Crippen LogP contribution in [0.15, 0.2) is 36.4 Å². The van der Waals surface area contributed by atoms with Gasteiger partial charge in [0.2, 0.25) is 5.91 Å². The summed E-state index contributed by atoms with van der Waals surface area (Å²) in [5.74, 6) is 0.542. The molecule has 1 aliphatic rings. The van der Waals surface area contributed by atoms with Crippen molar-refractivity contribution in [2.45, 2.75) is 13.0 Å². The molecule has 0 radical (unpaired) electrons. The van der Waals surface area contributed by atoms with Gasteiger partial charge in [0.25, 0.3) is 5.91 Å². The number of piperazine rings is 1. The first-order valence-corrected chi connectivity index (χ1v) is 9.41. The van der Waals surface area contributed by atoms with Crippen LogP contribution in [0.25, 0.3) is 0 Å². The molecule has 2 aromatic carbocycles. The molecule has 2 amide bonds. The quantitative estimate of drug-likeness (QED) is 0.749. The SMILES string of the molecule is COc1cc(OC)cc(C(=O)N2CCN(c3ccc(Cl)cc3Cl)C(=O)[C@H]2C)c1. The molecule has 0 unspecified atom stereocenters. The van der Waals surface area contributed by atoms with Crippen LogP contribution in [0.2, 0.25) is 10.0 Å². The fourth-order valence-corrected chi connectivity index (χ4v) is 3.69. The van der Waals surface area contributed by atoms with Gasteiger partial charge in [0.15, 0.2) is 0 Å². The van der Waals surface area contributed by atoms with Gasteiger partial charge in [0.05, 0.1) is 24.9 Å². The topological polar surface area (TPSA) is 59.1 Å². The Balaban J connectivity index is 1.85. The van der Waals surface area contributed by atoms with E-state index in [1.54, 1.807) is 48.2 Å². The highest BCUT2D eigenvalue weighted by molar-refractivity contribution is 6.36. The van der Waals surface area contributed by atoms with Gasteiger partial charge in [0.1, 0.15) is 17.5 Å². The van der Waals surface area contributed by atoms with Crippen LogP contribution in [0.1, 0.15) is 17.3 Å². The zero-order chi connectivity index (χ0) is 20.4. The van der Waals surface area contributed by atoms with Crippen LogP contribution in [0.4, 0.5) is 5.69 Å². The van der Waals surface area contributed by atoms with Crippen molar-refractivity contribution < 1.29 is 19.1 Å². The summed E-state index contributed by atoms with van der Waals surface area (Å²) < 4.78 is 10.5. The van der Waals surface area contributed by atoms with Crippen molar-refractivity contribution in [2.75, 3.05) is 32.2 Å². The van der Waals surface area contributed by atoms with Gasteiger partial charge >= 0.3 is 0 Å². The predicted octanol–water partition coefficient (Wildman–Crippen LogP) is 3.89. The van der Waals surface area contributed by atoms with E-state index in [2.05, 4.69) is 0 Å². The van der Waals surface area contributed by atoms with E-state index in [-0.39, 0.29) is 11.8 Å². The Hall–Kier alpha value is -2.44. The van der Waals surface area contributed by atoms with Crippen molar-refractivity contribution >= 4 is 40.7 Å². The van der Waals surface area contributed by atoms with Crippen LogP contribution in [-0.4, -0.2) is 50.1 Å². The fraction of sp³-hybridized carbons (Fsp3) is 0.300. The number of carbonyl (C=O) groups excluding carboxylic acids is 2. The average Bonchev–Trinajstić information content (AvgIpc) is 2.69. The highest BCUT2D eigenvalue weighted by Crippen LogP contribution is 2.31. The summed E-state index contributed by atoms with van der Waals surface area (Å²) in [5, 5.41) is 0.889. The number of hydrogen-bond acceptors (Lipinski definition) is 4. The van der Waals surface area contributed by atoms with Gasteiger partial charge in [-0.15, -0.1) is 0 Å². The first-order valence-electron chi connectivity index (χ1n) is 8.66. The van der Waals surface area contributed by atoms with Crippen LogP contribution in [0, 0.1) is 0 Å². The van der Waals surface area contributed by atoms with Crippen molar-refractivity contribution in [1.82, 2.24) is 4.90 Å². The molecular formula is C20H20Cl2N2O4. The van der Waals surface area contributed by atoms with E-state index in [1.165, 1.54) is 19.1 Å². The second kappa shape index (κ2) is 8.29. The third kappa shape index (κ3) is 3.88. The van der Waals surface area contributed by atoms with Gasteiger partial charge < -0.3 is 19.3 Å². The molecule has 1 heterocycles. The zero-order valence-electron chi connectivity index (χ0n) is 15.7. The summed E-state index contributed by atoms with van der Waals surface area (Å²) in [6.07, 6.45) is 0. The highest BCUT2D eigenvalue weighted by Gasteiger charge is 2.36. The number of nitrogens with zero attached hydrogens (tertiary/aromatic N) is 2. The molecule has 148 valence electrons. The Kier molecular flexibility index (Phi) is 6.01. The first kappa shape index (κ1) is 20.3. The Morgan fingerprint density at radius 3 is 2.25 bits per heavy atom. The zero-order valence-corrected chi connectivity index (χ0v) is 17.3. The van der Waals surface area contributed by atoms with E-state index in [0.29, 0.717) is 45.9 Å². The highest BCUT2D eigenvalue weighted by atomic mass is 35.5. The number of anilines is 1. The number of amides is 2. The van der Waals surface area contributed by atoms with Gasteiger partial charge in [-0.3, -0.25) is 9.59 Å². The van der Waals surface area contributed by atoms with E-state index < -0.39 is 6.04 Å². The summed E-state index contributed by atoms with van der Waals surface area (Å²) in [6.45, 7) is 2.40. The first-order chi connectivity index (χ1) is 13.3. The lowest BCUT2D eigenvalue weighted by atomic mass is 10.1. The molecule has 0 saturated carbocycles. The number of benzene rings is 2. The van der Waals surface area contributed by atoms with Crippen molar-refractivity contribution in [1.29, 1.82) is 0 Å². The van der Waals surface area contributed by atoms with E-state index >= 15 is 0 Å². The Morgan fingerprint density at radius 2 is 1.68 bits per heavy atom. The Morgan fingerprint density at radius 1 is 1.04 bits per heavy atom. The van der Waals surface area contributed by atoms with Gasteiger partial charge in [-0.1, -0.05) is 23.2 Å². The molecular weight excluding hydrogens is 403 g/mol. The third-order valence-corrected chi connectivity index (χ3v) is 5.25. The van der Waals surface area contributed by atoms with Gasteiger partial charge in [0, 0.05) is 29.7 Å². The van der Waals surface area contributed by atoms with E-state index in [9.17, 15) is 9.59 Å². The smallest absolute Gasteiger partial charge is 0.254 e. The summed E-state index contributed by atoms with van der Waals surface area (Å²) >= 11 is 12.2. The molecule has 0 spiro atoms. The normalized spacial score (nSPS) is 16.9. The number of carbonyl (C=O) groups is 2. The molecule has 0 bridgehead atoms. The number of hydrogen-bond donors (Lipinski definition) is 0. The van der Waals surface area contributed by atoms with Crippen LogP contribution in [0.5, 0.6) is 11.5 Å². The molecule has 3 rings (SSSR count). The van der Waals surface area contributed by atoms with Gasteiger partial charge in [-0.2, -0.15) is 0 Å². The summed E-state index contributed by atoms with van der Waals surface area (Å²) in [5.41, 5.74) is 0.979. The molecule has 1 aliphatic heterocycles. The largest absolute Gasteiger partial charge is 0.497 e.